The molecule has 4 heteroatoms. The molecule has 190 valence electrons. The Hall–Kier alpha value is -2.50. The van der Waals surface area contributed by atoms with Crippen LogP contribution >= 0.6 is 47.0 Å². The minimum Gasteiger partial charge on any atom is -0.120 e. The predicted molar refractivity (Wildman–Crippen MR) is 170 cm³/mol. The van der Waals surface area contributed by atoms with Crippen LogP contribution in [0.4, 0.5) is 0 Å². The lowest BCUT2D eigenvalue weighted by molar-refractivity contribution is 1.08. The molecule has 0 heterocycles. The lowest BCUT2D eigenvalue weighted by atomic mass is 10.2. The van der Waals surface area contributed by atoms with E-state index >= 15 is 0 Å². The highest BCUT2D eigenvalue weighted by molar-refractivity contribution is 8.02. The van der Waals surface area contributed by atoms with E-state index in [4.69, 9.17) is 0 Å². The first-order valence-electron chi connectivity index (χ1n) is 12.7. The SMILES string of the molecule is c1ccc(CSc2cc(SCc3ccccc3)c(SCc3ccccc3)cc2SCc2ccccc2)cc1. The third kappa shape index (κ3) is 8.25. The first kappa shape index (κ1) is 27.1. The molecule has 0 fully saturated rings. The van der Waals surface area contributed by atoms with Crippen LogP contribution in [0.1, 0.15) is 22.3 Å². The van der Waals surface area contributed by atoms with Crippen LogP contribution in [0.2, 0.25) is 0 Å². The Morgan fingerprint density at radius 3 is 0.711 bits per heavy atom. The van der Waals surface area contributed by atoms with Gasteiger partial charge in [-0.15, -0.1) is 47.0 Å². The molecule has 0 N–H and O–H groups in total. The number of hydrogen-bond donors (Lipinski definition) is 0. The minimum absolute atomic E-state index is 0.971. The van der Waals surface area contributed by atoms with Gasteiger partial charge in [-0.25, -0.2) is 0 Å². The number of hydrogen-bond acceptors (Lipinski definition) is 4. The van der Waals surface area contributed by atoms with Crippen molar-refractivity contribution in [1.82, 2.24) is 0 Å². The second kappa shape index (κ2) is 14.6. The molecule has 0 aliphatic heterocycles. The maximum Gasteiger partial charge on any atom is 0.0232 e. The van der Waals surface area contributed by atoms with Gasteiger partial charge in [0.05, 0.1) is 0 Å². The Morgan fingerprint density at radius 2 is 0.500 bits per heavy atom. The minimum atomic E-state index is 0.971. The average molecular weight is 567 g/mol. The van der Waals surface area contributed by atoms with E-state index in [9.17, 15) is 0 Å². The lowest BCUT2D eigenvalue weighted by Crippen LogP contribution is -1.90. The highest BCUT2D eigenvalue weighted by Crippen LogP contribution is 2.43. The van der Waals surface area contributed by atoms with Crippen LogP contribution in [0.5, 0.6) is 0 Å². The van der Waals surface area contributed by atoms with Gasteiger partial charge in [0.1, 0.15) is 0 Å². The maximum atomic E-state index is 2.45. The largest absolute Gasteiger partial charge is 0.120 e. The highest BCUT2D eigenvalue weighted by Gasteiger charge is 2.14. The second-order valence-corrected chi connectivity index (χ2v) is 12.9. The summed E-state index contributed by atoms with van der Waals surface area (Å²) < 4.78 is 0. The summed E-state index contributed by atoms with van der Waals surface area (Å²) in [5.74, 6) is 3.89. The standard InChI is InChI=1S/C34H30S4/c1-5-13-27(14-6-1)23-35-31-21-33(37-25-29-17-9-3-10-18-29)34(38-26-30-19-11-4-12-20-30)22-32(31)36-24-28-15-7-2-8-16-28/h1-22H,23-26H2. The van der Waals surface area contributed by atoms with Crippen LogP contribution in [0.15, 0.2) is 153 Å². The molecule has 0 nitrogen and oxygen atoms in total. The molecule has 0 radical (unpaired) electrons. The quantitative estimate of drug-likeness (QED) is 0.138. The van der Waals surface area contributed by atoms with E-state index in [1.54, 1.807) is 0 Å². The van der Waals surface area contributed by atoms with Gasteiger partial charge in [-0.3, -0.25) is 0 Å². The zero-order chi connectivity index (χ0) is 25.8. The molecule has 0 amide bonds. The number of rotatable bonds is 12. The Labute approximate surface area is 244 Å². The molecule has 0 aliphatic rings. The van der Waals surface area contributed by atoms with E-state index in [1.807, 2.05) is 47.0 Å². The predicted octanol–water partition coefficient (Wildman–Crippen LogP) is 10.9. The van der Waals surface area contributed by atoms with Crippen molar-refractivity contribution in [2.24, 2.45) is 0 Å². The maximum absolute atomic E-state index is 2.45. The summed E-state index contributed by atoms with van der Waals surface area (Å²) in [4.78, 5) is 5.48. The van der Waals surface area contributed by atoms with E-state index in [0.29, 0.717) is 0 Å². The highest BCUT2D eigenvalue weighted by atomic mass is 32.2. The van der Waals surface area contributed by atoms with Gasteiger partial charge in [0.25, 0.3) is 0 Å². The third-order valence-corrected chi connectivity index (χ3v) is 10.7. The molecular weight excluding hydrogens is 537 g/mol. The molecule has 0 aromatic heterocycles. The molecule has 0 saturated carbocycles. The zero-order valence-electron chi connectivity index (χ0n) is 21.2. The first-order chi connectivity index (χ1) is 18.8. The summed E-state index contributed by atoms with van der Waals surface area (Å²) in [5, 5.41) is 0. The number of thioether (sulfide) groups is 4. The summed E-state index contributed by atoms with van der Waals surface area (Å²) in [5.41, 5.74) is 5.44. The fourth-order valence-corrected chi connectivity index (χ4v) is 8.44. The van der Waals surface area contributed by atoms with Crippen molar-refractivity contribution in [2.75, 3.05) is 0 Å². The van der Waals surface area contributed by atoms with Crippen LogP contribution in [0, 0.1) is 0 Å². The van der Waals surface area contributed by atoms with E-state index in [2.05, 4.69) is 133 Å². The molecular formula is C34H30S4. The summed E-state index contributed by atoms with van der Waals surface area (Å²) in [6.45, 7) is 0. The van der Waals surface area contributed by atoms with E-state index < -0.39 is 0 Å². The molecule has 38 heavy (non-hydrogen) atoms. The van der Waals surface area contributed by atoms with Gasteiger partial charge in [-0.2, -0.15) is 0 Å². The van der Waals surface area contributed by atoms with Gasteiger partial charge in [0.2, 0.25) is 0 Å². The van der Waals surface area contributed by atoms with Crippen LogP contribution in [0.25, 0.3) is 0 Å². The Kier molecular flexibility index (Phi) is 10.4. The van der Waals surface area contributed by atoms with Crippen molar-refractivity contribution in [2.45, 2.75) is 42.6 Å². The summed E-state index contributed by atoms with van der Waals surface area (Å²) in [6, 6.07) is 48.1. The Balaban J connectivity index is 1.44. The Bertz CT molecular complexity index is 1170. The van der Waals surface area contributed by atoms with Gasteiger partial charge in [0, 0.05) is 42.6 Å². The molecule has 5 aromatic carbocycles. The van der Waals surface area contributed by atoms with Gasteiger partial charge < -0.3 is 0 Å². The topological polar surface area (TPSA) is 0 Å². The van der Waals surface area contributed by atoms with Crippen molar-refractivity contribution in [3.8, 4) is 0 Å². The normalized spacial score (nSPS) is 10.9. The fraction of sp³-hybridized carbons (Fsp3) is 0.118. The van der Waals surface area contributed by atoms with E-state index in [-0.39, 0.29) is 0 Å². The third-order valence-electron chi connectivity index (χ3n) is 5.96. The van der Waals surface area contributed by atoms with Crippen molar-refractivity contribution >= 4 is 47.0 Å². The first-order valence-corrected chi connectivity index (χ1v) is 16.6. The molecule has 0 saturated heterocycles. The van der Waals surface area contributed by atoms with E-state index in [1.165, 1.54) is 41.8 Å². The van der Waals surface area contributed by atoms with Crippen molar-refractivity contribution in [3.63, 3.8) is 0 Å². The van der Waals surface area contributed by atoms with Crippen LogP contribution < -0.4 is 0 Å². The van der Waals surface area contributed by atoms with Crippen LogP contribution in [-0.2, 0) is 23.0 Å². The van der Waals surface area contributed by atoms with Crippen molar-refractivity contribution < 1.29 is 0 Å². The molecule has 0 unspecified atom stereocenters. The van der Waals surface area contributed by atoms with Crippen molar-refractivity contribution in [3.05, 3.63) is 156 Å². The zero-order valence-corrected chi connectivity index (χ0v) is 24.4. The average Bonchev–Trinajstić information content (AvgIpc) is 2.99. The van der Waals surface area contributed by atoms with Gasteiger partial charge >= 0.3 is 0 Å². The van der Waals surface area contributed by atoms with Crippen LogP contribution in [-0.4, -0.2) is 0 Å². The second-order valence-electron chi connectivity index (χ2n) is 8.84. The lowest BCUT2D eigenvalue weighted by Gasteiger charge is -2.16. The molecule has 0 bridgehead atoms. The molecule has 0 spiro atoms. The fourth-order valence-electron chi connectivity index (χ4n) is 3.92. The van der Waals surface area contributed by atoms with Crippen molar-refractivity contribution in [1.29, 1.82) is 0 Å². The summed E-state index contributed by atoms with van der Waals surface area (Å²) >= 11 is 7.80. The number of benzene rings is 5. The molecule has 5 rings (SSSR count). The molecule has 0 atom stereocenters. The Morgan fingerprint density at radius 1 is 0.289 bits per heavy atom. The molecule has 0 aliphatic carbocycles. The monoisotopic (exact) mass is 566 g/mol. The molecule has 5 aromatic rings. The van der Waals surface area contributed by atoms with Gasteiger partial charge in [-0.1, -0.05) is 121 Å². The van der Waals surface area contributed by atoms with E-state index in [0.717, 1.165) is 23.0 Å². The summed E-state index contributed by atoms with van der Waals surface area (Å²) in [6.07, 6.45) is 0. The smallest absolute Gasteiger partial charge is 0.0232 e. The van der Waals surface area contributed by atoms with Crippen LogP contribution in [0.3, 0.4) is 0 Å². The van der Waals surface area contributed by atoms with Gasteiger partial charge in [0.15, 0.2) is 0 Å². The summed E-state index contributed by atoms with van der Waals surface area (Å²) in [7, 11) is 0. The van der Waals surface area contributed by atoms with Gasteiger partial charge in [-0.05, 0) is 34.4 Å².